The number of nitrogens with zero attached hydrogens (tertiary/aromatic N) is 1. The zero-order valence-electron chi connectivity index (χ0n) is 13.3. The third-order valence-corrected chi connectivity index (χ3v) is 4.64. The first-order valence-corrected chi connectivity index (χ1v) is 8.42. The number of carbonyl (C=O) groups excluding carboxylic acids is 1. The van der Waals surface area contributed by atoms with Gasteiger partial charge in [0.25, 0.3) is 0 Å². The number of rotatable bonds is 5. The van der Waals surface area contributed by atoms with Gasteiger partial charge in [-0.15, -0.1) is 0 Å². The lowest BCUT2D eigenvalue weighted by Gasteiger charge is -2.40. The van der Waals surface area contributed by atoms with Gasteiger partial charge in [0.05, 0.1) is 0 Å². The van der Waals surface area contributed by atoms with E-state index in [0.717, 1.165) is 31.0 Å². The topological polar surface area (TPSA) is 38.8 Å². The summed E-state index contributed by atoms with van der Waals surface area (Å²) in [6.45, 7) is 4.52. The summed E-state index contributed by atoms with van der Waals surface area (Å²) in [5.41, 5.74) is 0. The van der Waals surface area contributed by atoms with Crippen LogP contribution in [0.4, 0.5) is 0 Å². The van der Waals surface area contributed by atoms with Crippen molar-refractivity contribution in [2.24, 2.45) is 0 Å². The molecule has 4 nitrogen and oxygen atoms in total. The van der Waals surface area contributed by atoms with Crippen molar-refractivity contribution in [3.05, 3.63) is 24.3 Å². The highest BCUT2D eigenvalue weighted by atomic mass is 16.6. The van der Waals surface area contributed by atoms with E-state index < -0.39 is 0 Å². The molecule has 2 aliphatic heterocycles. The van der Waals surface area contributed by atoms with Gasteiger partial charge in [-0.1, -0.05) is 31.9 Å². The lowest BCUT2D eigenvalue weighted by molar-refractivity contribution is -0.122. The number of para-hydroxylation sites is 2. The van der Waals surface area contributed by atoms with Crippen molar-refractivity contribution in [1.29, 1.82) is 0 Å². The highest BCUT2D eigenvalue weighted by molar-refractivity contribution is 5.79. The van der Waals surface area contributed by atoms with Crippen LogP contribution in [0, 0.1) is 0 Å². The van der Waals surface area contributed by atoms with Gasteiger partial charge in [0.15, 0.2) is 11.5 Å². The molecule has 3 rings (SSSR count). The van der Waals surface area contributed by atoms with E-state index in [4.69, 9.17) is 9.47 Å². The number of unbranched alkanes of at least 4 members (excludes halogenated alkanes) is 1. The van der Waals surface area contributed by atoms with Crippen LogP contribution in [0.15, 0.2) is 24.3 Å². The molecule has 0 bridgehead atoms. The van der Waals surface area contributed by atoms with Gasteiger partial charge in [-0.25, -0.2) is 0 Å². The molecular formula is C18H25NO3. The average molecular weight is 303 g/mol. The number of hydrogen-bond acceptors (Lipinski definition) is 4. The van der Waals surface area contributed by atoms with Crippen LogP contribution in [-0.2, 0) is 4.79 Å². The van der Waals surface area contributed by atoms with Gasteiger partial charge < -0.3 is 9.47 Å². The van der Waals surface area contributed by atoms with Crippen molar-refractivity contribution < 1.29 is 14.3 Å². The molecule has 22 heavy (non-hydrogen) atoms. The normalized spacial score (nSPS) is 23.3. The predicted molar refractivity (Wildman–Crippen MR) is 85.5 cm³/mol. The predicted octanol–water partition coefficient (Wildman–Crippen LogP) is 3.05. The summed E-state index contributed by atoms with van der Waals surface area (Å²) >= 11 is 0. The van der Waals surface area contributed by atoms with E-state index in [1.54, 1.807) is 0 Å². The summed E-state index contributed by atoms with van der Waals surface area (Å²) in [5.74, 6) is 2.06. The monoisotopic (exact) mass is 303 g/mol. The maximum absolute atomic E-state index is 11.5. The van der Waals surface area contributed by atoms with Crippen LogP contribution < -0.4 is 9.47 Å². The summed E-state index contributed by atoms with van der Waals surface area (Å²) in [4.78, 5) is 13.9. The van der Waals surface area contributed by atoms with Crippen LogP contribution in [0.5, 0.6) is 11.5 Å². The van der Waals surface area contributed by atoms with Crippen molar-refractivity contribution in [1.82, 2.24) is 4.90 Å². The number of piperidine rings is 1. The minimum Gasteiger partial charge on any atom is -0.486 e. The second-order valence-corrected chi connectivity index (χ2v) is 6.20. The zero-order chi connectivity index (χ0) is 15.4. The van der Waals surface area contributed by atoms with Gasteiger partial charge in [-0.2, -0.15) is 0 Å². The Labute approximate surface area is 132 Å². The molecule has 2 heterocycles. The summed E-state index contributed by atoms with van der Waals surface area (Å²) < 4.78 is 12.1. The smallest absolute Gasteiger partial charge is 0.161 e. The second-order valence-electron chi connectivity index (χ2n) is 6.20. The van der Waals surface area contributed by atoms with Gasteiger partial charge in [-0.3, -0.25) is 9.69 Å². The van der Waals surface area contributed by atoms with Crippen molar-refractivity contribution in [2.75, 3.05) is 19.7 Å². The molecule has 0 aromatic heterocycles. The quantitative estimate of drug-likeness (QED) is 0.838. The summed E-state index contributed by atoms with van der Waals surface area (Å²) in [5, 5.41) is 0. The van der Waals surface area contributed by atoms with Gasteiger partial charge in [0.2, 0.25) is 0 Å². The van der Waals surface area contributed by atoms with Crippen molar-refractivity contribution in [3.8, 4) is 11.5 Å². The number of carbonyl (C=O) groups is 1. The molecule has 2 unspecified atom stereocenters. The molecule has 0 saturated carbocycles. The minimum atomic E-state index is 0.0506. The number of likely N-dealkylation sites (tertiary alicyclic amines) is 1. The van der Waals surface area contributed by atoms with Crippen molar-refractivity contribution in [2.45, 2.75) is 51.2 Å². The molecule has 2 aliphatic rings. The first kappa shape index (κ1) is 15.3. The first-order valence-electron chi connectivity index (χ1n) is 8.42. The largest absolute Gasteiger partial charge is 0.486 e. The zero-order valence-corrected chi connectivity index (χ0v) is 13.3. The molecule has 2 atom stereocenters. The van der Waals surface area contributed by atoms with Crippen molar-refractivity contribution in [3.63, 3.8) is 0 Å². The van der Waals surface area contributed by atoms with E-state index in [1.807, 2.05) is 24.3 Å². The highest BCUT2D eigenvalue weighted by Gasteiger charge is 2.34. The number of ether oxygens (including phenoxy) is 2. The fourth-order valence-corrected chi connectivity index (χ4v) is 3.35. The molecule has 1 fully saturated rings. The molecule has 0 amide bonds. The van der Waals surface area contributed by atoms with Crippen LogP contribution in [0.2, 0.25) is 0 Å². The van der Waals surface area contributed by atoms with Gasteiger partial charge >= 0.3 is 0 Å². The van der Waals surface area contributed by atoms with E-state index in [-0.39, 0.29) is 6.10 Å². The molecule has 1 aromatic rings. The Hall–Kier alpha value is -1.55. The van der Waals surface area contributed by atoms with Crippen LogP contribution >= 0.6 is 0 Å². The fraction of sp³-hybridized carbons (Fsp3) is 0.611. The number of fused-ring (bicyclic) bond motifs is 1. The van der Waals surface area contributed by atoms with Gasteiger partial charge in [-0.05, 0) is 18.6 Å². The Balaban J connectivity index is 1.71. The summed E-state index contributed by atoms with van der Waals surface area (Å²) in [7, 11) is 0. The van der Waals surface area contributed by atoms with E-state index in [0.29, 0.717) is 31.3 Å². The Bertz CT molecular complexity index is 507. The molecule has 120 valence electrons. The molecular weight excluding hydrogens is 278 g/mol. The fourth-order valence-electron chi connectivity index (χ4n) is 3.35. The lowest BCUT2D eigenvalue weighted by Crippen LogP contribution is -2.52. The second kappa shape index (κ2) is 7.14. The summed E-state index contributed by atoms with van der Waals surface area (Å²) in [6, 6.07) is 8.20. The molecule has 4 heteroatoms. The Morgan fingerprint density at radius 2 is 1.95 bits per heavy atom. The molecule has 0 aliphatic carbocycles. The third kappa shape index (κ3) is 3.43. The standard InChI is InChI=1S/C18H25NO3/c1-2-3-6-15(19-11-9-14(20)10-12-19)18-13-21-16-7-4-5-8-17(16)22-18/h4-5,7-8,15,18H,2-3,6,9-13H2,1H3. The Kier molecular flexibility index (Phi) is 4.98. The molecule has 0 radical (unpaired) electrons. The molecule has 0 N–H and O–H groups in total. The number of hydrogen-bond donors (Lipinski definition) is 0. The molecule has 1 saturated heterocycles. The van der Waals surface area contributed by atoms with Crippen LogP contribution in [-0.4, -0.2) is 42.5 Å². The average Bonchev–Trinajstić information content (AvgIpc) is 2.56. The minimum absolute atomic E-state index is 0.0506. The number of ketones is 1. The van der Waals surface area contributed by atoms with Gasteiger partial charge in [0, 0.05) is 32.0 Å². The van der Waals surface area contributed by atoms with Crippen LogP contribution in [0.25, 0.3) is 0 Å². The van der Waals surface area contributed by atoms with Crippen LogP contribution in [0.1, 0.15) is 39.0 Å². The molecule has 1 aromatic carbocycles. The van der Waals surface area contributed by atoms with E-state index in [9.17, 15) is 4.79 Å². The van der Waals surface area contributed by atoms with E-state index in [1.165, 1.54) is 12.8 Å². The SMILES string of the molecule is CCCCC(C1COc2ccccc2O1)N1CCC(=O)CC1. The Morgan fingerprint density at radius 3 is 2.68 bits per heavy atom. The first-order chi connectivity index (χ1) is 10.8. The third-order valence-electron chi connectivity index (χ3n) is 4.64. The van der Waals surface area contributed by atoms with E-state index in [2.05, 4.69) is 11.8 Å². The van der Waals surface area contributed by atoms with E-state index >= 15 is 0 Å². The maximum atomic E-state index is 11.5. The van der Waals surface area contributed by atoms with Gasteiger partial charge in [0.1, 0.15) is 18.5 Å². The number of Topliss-reactive ketones (excluding diaryl/α,β-unsaturated/α-hetero) is 1. The number of benzene rings is 1. The van der Waals surface area contributed by atoms with Crippen molar-refractivity contribution >= 4 is 5.78 Å². The Morgan fingerprint density at radius 1 is 1.23 bits per heavy atom. The maximum Gasteiger partial charge on any atom is 0.161 e. The lowest BCUT2D eigenvalue weighted by atomic mass is 9.98. The van der Waals surface area contributed by atoms with Crippen LogP contribution in [0.3, 0.4) is 0 Å². The highest BCUT2D eigenvalue weighted by Crippen LogP contribution is 2.33. The summed E-state index contributed by atoms with van der Waals surface area (Å²) in [6.07, 6.45) is 4.85. The molecule has 0 spiro atoms.